The second-order valence-electron chi connectivity index (χ2n) is 7.17. The van der Waals surface area contributed by atoms with Gasteiger partial charge in [-0.25, -0.2) is 4.68 Å². The molecule has 0 aliphatic carbocycles. The summed E-state index contributed by atoms with van der Waals surface area (Å²) in [5, 5.41) is 21.0. The zero-order valence-corrected chi connectivity index (χ0v) is 17.8. The minimum absolute atomic E-state index is 0.00356. The predicted molar refractivity (Wildman–Crippen MR) is 114 cm³/mol. The van der Waals surface area contributed by atoms with Crippen molar-refractivity contribution in [3.05, 3.63) is 69.8 Å². The Morgan fingerprint density at radius 1 is 1.03 bits per heavy atom. The van der Waals surface area contributed by atoms with E-state index in [2.05, 4.69) is 25.7 Å². The topological polar surface area (TPSA) is 90.0 Å². The van der Waals surface area contributed by atoms with Gasteiger partial charge >= 0.3 is 0 Å². The molecule has 4 aromatic rings. The maximum absolute atomic E-state index is 12.3. The van der Waals surface area contributed by atoms with Gasteiger partial charge in [0.05, 0.1) is 5.69 Å². The van der Waals surface area contributed by atoms with Gasteiger partial charge < -0.3 is 5.32 Å². The molecule has 0 atom stereocenters. The lowest BCUT2D eigenvalue weighted by molar-refractivity contribution is -0.121. The van der Waals surface area contributed by atoms with Crippen LogP contribution in [0.4, 0.5) is 0 Å². The average Bonchev–Trinajstić information content (AvgIpc) is 3.25. The van der Waals surface area contributed by atoms with Crippen molar-refractivity contribution >= 4 is 23.2 Å². The zero-order valence-electron chi connectivity index (χ0n) is 17.1. The smallest absolute Gasteiger partial charge is 0.220 e. The summed E-state index contributed by atoms with van der Waals surface area (Å²) in [6, 6.07) is 11.2. The normalized spacial score (nSPS) is 11.2. The standard InChI is InChI=1S/C21H22ClN7O/c1-13-18(8-11-21(30)23-12-16-4-6-17(22)7-5-16)14(2)28(26-13)20-10-9-19-25-24-15(3)29(19)27-20/h4-7,9-10H,8,11-12H2,1-3H3,(H,23,30). The molecule has 0 bridgehead atoms. The monoisotopic (exact) mass is 423 g/mol. The highest BCUT2D eigenvalue weighted by Crippen LogP contribution is 2.19. The first kappa shape index (κ1) is 20.0. The van der Waals surface area contributed by atoms with E-state index in [9.17, 15) is 4.79 Å². The van der Waals surface area contributed by atoms with Crippen LogP contribution in [0.5, 0.6) is 0 Å². The number of halogens is 1. The minimum Gasteiger partial charge on any atom is -0.352 e. The van der Waals surface area contributed by atoms with Gasteiger partial charge in [-0.1, -0.05) is 23.7 Å². The van der Waals surface area contributed by atoms with E-state index in [0.29, 0.717) is 41.7 Å². The van der Waals surface area contributed by atoms with E-state index < -0.39 is 0 Å². The molecule has 0 saturated heterocycles. The van der Waals surface area contributed by atoms with Crippen molar-refractivity contribution in [2.75, 3.05) is 0 Å². The summed E-state index contributed by atoms with van der Waals surface area (Å²) in [5.41, 5.74) is 4.61. The lowest BCUT2D eigenvalue weighted by atomic mass is 10.1. The van der Waals surface area contributed by atoms with Gasteiger partial charge in [-0.2, -0.15) is 9.61 Å². The molecule has 1 amide bonds. The predicted octanol–water partition coefficient (Wildman–Crippen LogP) is 3.14. The van der Waals surface area contributed by atoms with Crippen molar-refractivity contribution in [1.82, 2.24) is 34.9 Å². The number of hydrogen-bond donors (Lipinski definition) is 1. The van der Waals surface area contributed by atoms with Gasteiger partial charge in [0.15, 0.2) is 17.3 Å². The van der Waals surface area contributed by atoms with Gasteiger partial charge in [-0.05, 0) is 62.6 Å². The van der Waals surface area contributed by atoms with Gasteiger partial charge in [0.2, 0.25) is 5.91 Å². The third-order valence-electron chi connectivity index (χ3n) is 5.07. The number of rotatable bonds is 6. The number of nitrogens with zero attached hydrogens (tertiary/aromatic N) is 6. The number of benzene rings is 1. The lowest BCUT2D eigenvalue weighted by Gasteiger charge is -2.07. The minimum atomic E-state index is -0.00356. The summed E-state index contributed by atoms with van der Waals surface area (Å²) >= 11 is 5.89. The number of aryl methyl sites for hydroxylation is 2. The number of amides is 1. The van der Waals surface area contributed by atoms with E-state index in [4.69, 9.17) is 11.6 Å². The van der Waals surface area contributed by atoms with Crippen LogP contribution < -0.4 is 5.32 Å². The van der Waals surface area contributed by atoms with Gasteiger partial charge in [0.25, 0.3) is 0 Å². The Balaban J connectivity index is 1.44. The molecule has 1 N–H and O–H groups in total. The van der Waals surface area contributed by atoms with Crippen molar-refractivity contribution in [2.24, 2.45) is 0 Å². The Morgan fingerprint density at radius 2 is 1.80 bits per heavy atom. The Bertz CT molecular complexity index is 1210. The van der Waals surface area contributed by atoms with E-state index in [1.165, 1.54) is 0 Å². The Labute approximate surface area is 178 Å². The number of carbonyl (C=O) groups is 1. The summed E-state index contributed by atoms with van der Waals surface area (Å²) in [5.74, 6) is 1.39. The van der Waals surface area contributed by atoms with Crippen molar-refractivity contribution in [3.63, 3.8) is 0 Å². The fourth-order valence-electron chi connectivity index (χ4n) is 3.39. The molecule has 154 valence electrons. The second-order valence-corrected chi connectivity index (χ2v) is 7.61. The van der Waals surface area contributed by atoms with Crippen LogP contribution >= 0.6 is 11.6 Å². The molecular weight excluding hydrogens is 402 g/mol. The largest absolute Gasteiger partial charge is 0.352 e. The maximum atomic E-state index is 12.3. The molecule has 0 aliphatic heterocycles. The zero-order chi connectivity index (χ0) is 21.3. The Morgan fingerprint density at radius 3 is 2.57 bits per heavy atom. The quantitative estimate of drug-likeness (QED) is 0.514. The van der Waals surface area contributed by atoms with E-state index in [1.807, 2.05) is 57.2 Å². The number of fused-ring (bicyclic) bond motifs is 1. The molecule has 0 unspecified atom stereocenters. The first-order valence-electron chi connectivity index (χ1n) is 9.68. The van der Waals surface area contributed by atoms with Crippen LogP contribution in [0.1, 0.15) is 34.8 Å². The van der Waals surface area contributed by atoms with Crippen molar-refractivity contribution in [2.45, 2.75) is 40.2 Å². The van der Waals surface area contributed by atoms with Crippen LogP contribution in [0.25, 0.3) is 11.5 Å². The first-order valence-corrected chi connectivity index (χ1v) is 10.1. The molecule has 0 spiro atoms. The third kappa shape index (κ3) is 4.04. The number of aromatic nitrogens is 6. The highest BCUT2D eigenvalue weighted by Gasteiger charge is 2.16. The molecule has 9 heteroatoms. The van der Waals surface area contributed by atoms with Crippen molar-refractivity contribution in [1.29, 1.82) is 0 Å². The maximum Gasteiger partial charge on any atom is 0.220 e. The van der Waals surface area contributed by atoms with E-state index in [1.54, 1.807) is 9.20 Å². The van der Waals surface area contributed by atoms with Crippen LogP contribution in [0.3, 0.4) is 0 Å². The molecule has 0 saturated carbocycles. The molecule has 8 nitrogen and oxygen atoms in total. The van der Waals surface area contributed by atoms with E-state index in [-0.39, 0.29) is 5.91 Å². The number of hydrogen-bond acceptors (Lipinski definition) is 5. The van der Waals surface area contributed by atoms with Crippen molar-refractivity contribution < 1.29 is 4.79 Å². The van der Waals surface area contributed by atoms with Gasteiger partial charge in [-0.15, -0.1) is 15.3 Å². The molecular formula is C21H22ClN7O. The molecule has 1 aromatic carbocycles. The van der Waals surface area contributed by atoms with Crippen LogP contribution in [-0.4, -0.2) is 35.5 Å². The molecule has 4 rings (SSSR count). The Kier molecular flexibility index (Phi) is 5.50. The fraction of sp³-hybridized carbons (Fsp3) is 0.286. The summed E-state index contributed by atoms with van der Waals surface area (Å²) < 4.78 is 3.49. The summed E-state index contributed by atoms with van der Waals surface area (Å²) in [4.78, 5) is 12.3. The fourth-order valence-corrected chi connectivity index (χ4v) is 3.52. The molecule has 3 aromatic heterocycles. The summed E-state index contributed by atoms with van der Waals surface area (Å²) in [6.07, 6.45) is 0.996. The molecule has 0 fully saturated rings. The highest BCUT2D eigenvalue weighted by atomic mass is 35.5. The van der Waals surface area contributed by atoms with Crippen LogP contribution in [0.2, 0.25) is 5.02 Å². The second kappa shape index (κ2) is 8.23. The Hall–Kier alpha value is -3.26. The summed E-state index contributed by atoms with van der Waals surface area (Å²) in [7, 11) is 0. The highest BCUT2D eigenvalue weighted by molar-refractivity contribution is 6.30. The SMILES string of the molecule is Cc1nn(-c2ccc3nnc(C)n3n2)c(C)c1CCC(=O)NCc1ccc(Cl)cc1. The number of nitrogens with one attached hydrogen (secondary N) is 1. The van der Waals surface area contributed by atoms with Crippen LogP contribution in [0, 0.1) is 20.8 Å². The van der Waals surface area contributed by atoms with Crippen LogP contribution in [-0.2, 0) is 17.8 Å². The summed E-state index contributed by atoms with van der Waals surface area (Å²) in [6.45, 7) is 6.28. The third-order valence-corrected chi connectivity index (χ3v) is 5.32. The number of carbonyl (C=O) groups excluding carboxylic acids is 1. The van der Waals surface area contributed by atoms with Gasteiger partial charge in [0.1, 0.15) is 0 Å². The van der Waals surface area contributed by atoms with Crippen LogP contribution in [0.15, 0.2) is 36.4 Å². The molecule has 0 aliphatic rings. The first-order chi connectivity index (χ1) is 14.4. The average molecular weight is 424 g/mol. The van der Waals surface area contributed by atoms with E-state index in [0.717, 1.165) is 22.5 Å². The molecule has 3 heterocycles. The van der Waals surface area contributed by atoms with Gasteiger partial charge in [0, 0.05) is 23.7 Å². The molecule has 0 radical (unpaired) electrons. The van der Waals surface area contributed by atoms with Crippen molar-refractivity contribution in [3.8, 4) is 5.82 Å². The van der Waals surface area contributed by atoms with E-state index >= 15 is 0 Å². The molecule has 30 heavy (non-hydrogen) atoms. The lowest BCUT2D eigenvalue weighted by Crippen LogP contribution is -2.23. The van der Waals surface area contributed by atoms with Gasteiger partial charge in [-0.3, -0.25) is 4.79 Å².